The van der Waals surface area contributed by atoms with Crippen molar-refractivity contribution in [2.45, 2.75) is 25.5 Å². The summed E-state index contributed by atoms with van der Waals surface area (Å²) in [4.78, 5) is 7.27. The Morgan fingerprint density at radius 1 is 1.14 bits per heavy atom. The second-order valence-corrected chi connectivity index (χ2v) is 7.84. The number of piperidine rings is 1. The predicted octanol–water partition coefficient (Wildman–Crippen LogP) is 4.53. The van der Waals surface area contributed by atoms with Gasteiger partial charge in [0.2, 0.25) is 0 Å². The van der Waals surface area contributed by atoms with Gasteiger partial charge in [0.1, 0.15) is 17.0 Å². The largest absolute Gasteiger partial charge is 0.496 e. The normalized spacial score (nSPS) is 17.4. The number of nitrogens with zero attached hydrogens (tertiary/aromatic N) is 2. The molecule has 1 atom stereocenters. The maximum Gasteiger partial charge on any atom is 0.145 e. The second kappa shape index (κ2) is 8.57. The molecule has 3 aromatic rings. The summed E-state index contributed by atoms with van der Waals surface area (Å²) < 4.78 is 11.1. The number of likely N-dealkylation sites (tertiary alicyclic amines) is 1. The number of ether oxygens (including phenoxy) is 2. The highest BCUT2D eigenvalue weighted by Crippen LogP contribution is 2.36. The second-order valence-electron chi connectivity index (χ2n) is 7.40. The number of pyridine rings is 1. The summed E-state index contributed by atoms with van der Waals surface area (Å²) in [5, 5.41) is 11.7. The Morgan fingerprint density at radius 3 is 2.66 bits per heavy atom. The number of aromatic nitrogens is 1. The summed E-state index contributed by atoms with van der Waals surface area (Å²) in [6, 6.07) is 13.6. The van der Waals surface area contributed by atoms with Gasteiger partial charge in [-0.2, -0.15) is 0 Å². The van der Waals surface area contributed by atoms with E-state index < -0.39 is 0 Å². The summed E-state index contributed by atoms with van der Waals surface area (Å²) in [6.07, 6.45) is 1.58. The monoisotopic (exact) mass is 412 g/mol. The van der Waals surface area contributed by atoms with Gasteiger partial charge < -0.3 is 14.6 Å². The first-order valence-corrected chi connectivity index (χ1v) is 10.2. The number of β-amino-alcohol motifs (C(OH)–C–C–N with tert-alkyl or cyclic N) is 1. The molecule has 1 N–H and O–H groups in total. The molecule has 0 spiro atoms. The third-order valence-electron chi connectivity index (χ3n) is 5.40. The number of aliphatic hydroxyl groups excluding tert-OH is 1. The third-order valence-corrected chi connectivity index (χ3v) is 5.63. The smallest absolute Gasteiger partial charge is 0.145 e. The third kappa shape index (κ3) is 4.17. The van der Waals surface area contributed by atoms with Crippen LogP contribution in [0.15, 0.2) is 42.5 Å². The fourth-order valence-corrected chi connectivity index (χ4v) is 4.21. The Balaban J connectivity index is 1.89. The van der Waals surface area contributed by atoms with E-state index in [0.29, 0.717) is 23.9 Å². The number of hydrogen-bond acceptors (Lipinski definition) is 5. The van der Waals surface area contributed by atoms with E-state index in [1.54, 1.807) is 14.2 Å². The molecule has 2 heterocycles. The van der Waals surface area contributed by atoms with Crippen molar-refractivity contribution in [3.8, 4) is 22.8 Å². The molecule has 1 aliphatic heterocycles. The minimum absolute atomic E-state index is 0.276. The van der Waals surface area contributed by atoms with Crippen LogP contribution in [0.3, 0.4) is 0 Å². The highest BCUT2D eigenvalue weighted by molar-refractivity contribution is 6.30. The Hall–Kier alpha value is -2.34. The number of methoxy groups -OCH3 is 2. The highest BCUT2D eigenvalue weighted by Gasteiger charge is 2.21. The summed E-state index contributed by atoms with van der Waals surface area (Å²) in [5.41, 5.74) is 3.65. The van der Waals surface area contributed by atoms with E-state index in [1.165, 1.54) is 0 Å². The fraction of sp³-hybridized carbons (Fsp3) is 0.348. The first-order chi connectivity index (χ1) is 14.1. The van der Waals surface area contributed by atoms with Crippen LogP contribution in [0.5, 0.6) is 11.5 Å². The van der Waals surface area contributed by atoms with Gasteiger partial charge in [0.25, 0.3) is 0 Å². The molecule has 152 valence electrons. The molecule has 1 saturated heterocycles. The van der Waals surface area contributed by atoms with Gasteiger partial charge in [0.15, 0.2) is 0 Å². The molecule has 0 amide bonds. The SMILES string of the molecule is COc1ccc(OC)c2nc(-c3cccc(Cl)c3)c(CN3CCC[C@H](O)C3)cc12. The molecule has 6 heteroatoms. The standard InChI is InChI=1S/C23H25ClN2O3/c1-28-20-8-9-21(29-2)23-19(20)12-16(13-26-10-4-7-18(27)14-26)22(25-23)15-5-3-6-17(24)11-15/h3,5-6,8-9,11-12,18,27H,4,7,10,13-14H2,1-2H3/t18-/m0/s1. The Kier molecular flexibility index (Phi) is 5.90. The molecule has 1 fully saturated rings. The van der Waals surface area contributed by atoms with Gasteiger partial charge in [-0.1, -0.05) is 23.7 Å². The van der Waals surface area contributed by atoms with E-state index in [1.807, 2.05) is 36.4 Å². The molecule has 4 rings (SSSR count). The van der Waals surface area contributed by atoms with Crippen LogP contribution in [0.2, 0.25) is 5.02 Å². The van der Waals surface area contributed by atoms with E-state index >= 15 is 0 Å². The summed E-state index contributed by atoms with van der Waals surface area (Å²) >= 11 is 6.27. The van der Waals surface area contributed by atoms with E-state index in [9.17, 15) is 5.11 Å². The topological polar surface area (TPSA) is 54.8 Å². The lowest BCUT2D eigenvalue weighted by Gasteiger charge is -2.30. The average Bonchev–Trinajstić information content (AvgIpc) is 2.72. The summed E-state index contributed by atoms with van der Waals surface area (Å²) in [6.45, 7) is 2.32. The van der Waals surface area contributed by atoms with E-state index in [-0.39, 0.29) is 6.10 Å². The Bertz CT molecular complexity index is 1020. The lowest BCUT2D eigenvalue weighted by atomic mass is 10.0. The van der Waals surface area contributed by atoms with Crippen LogP contribution in [0.1, 0.15) is 18.4 Å². The first kappa shape index (κ1) is 20.0. The Morgan fingerprint density at radius 2 is 1.93 bits per heavy atom. The van der Waals surface area contributed by atoms with Crippen molar-refractivity contribution in [1.29, 1.82) is 0 Å². The van der Waals surface area contributed by atoms with Gasteiger partial charge >= 0.3 is 0 Å². The van der Waals surface area contributed by atoms with Crippen molar-refractivity contribution in [3.05, 3.63) is 53.1 Å². The number of rotatable bonds is 5. The molecule has 0 aliphatic carbocycles. The van der Waals surface area contributed by atoms with Crippen LogP contribution in [-0.2, 0) is 6.54 Å². The molecular formula is C23H25ClN2O3. The van der Waals surface area contributed by atoms with Crippen LogP contribution < -0.4 is 9.47 Å². The number of fused-ring (bicyclic) bond motifs is 1. The lowest BCUT2D eigenvalue weighted by Crippen LogP contribution is -2.37. The van der Waals surface area contributed by atoms with Crippen molar-refractivity contribution in [2.24, 2.45) is 0 Å². The molecule has 29 heavy (non-hydrogen) atoms. The maximum absolute atomic E-state index is 10.1. The van der Waals surface area contributed by atoms with Gasteiger partial charge in [-0.3, -0.25) is 4.90 Å². The van der Waals surface area contributed by atoms with Crippen LogP contribution in [-0.4, -0.2) is 48.4 Å². The van der Waals surface area contributed by atoms with E-state index in [2.05, 4.69) is 11.0 Å². The Labute approximate surface area is 175 Å². The maximum atomic E-state index is 10.1. The molecule has 5 nitrogen and oxygen atoms in total. The summed E-state index contributed by atoms with van der Waals surface area (Å²) in [5.74, 6) is 1.45. The van der Waals surface area contributed by atoms with E-state index in [0.717, 1.165) is 52.9 Å². The fourth-order valence-electron chi connectivity index (χ4n) is 4.02. The number of hydrogen-bond donors (Lipinski definition) is 1. The van der Waals surface area contributed by atoms with Gasteiger partial charge in [0.05, 0.1) is 26.0 Å². The van der Waals surface area contributed by atoms with Crippen LogP contribution in [0.25, 0.3) is 22.2 Å². The van der Waals surface area contributed by atoms with E-state index in [4.69, 9.17) is 26.1 Å². The van der Waals surface area contributed by atoms with Crippen molar-refractivity contribution >= 4 is 22.5 Å². The van der Waals surface area contributed by atoms with Gasteiger partial charge in [0, 0.05) is 29.1 Å². The zero-order valence-corrected chi connectivity index (χ0v) is 17.4. The molecule has 0 unspecified atom stereocenters. The predicted molar refractivity (Wildman–Crippen MR) is 116 cm³/mol. The van der Waals surface area contributed by atoms with Gasteiger partial charge in [-0.15, -0.1) is 0 Å². The minimum atomic E-state index is -0.276. The number of aliphatic hydroxyl groups is 1. The van der Waals surface area contributed by atoms with Crippen molar-refractivity contribution in [1.82, 2.24) is 9.88 Å². The van der Waals surface area contributed by atoms with Crippen molar-refractivity contribution < 1.29 is 14.6 Å². The van der Waals surface area contributed by atoms with Gasteiger partial charge in [-0.05, 0) is 55.3 Å². The highest BCUT2D eigenvalue weighted by atomic mass is 35.5. The first-order valence-electron chi connectivity index (χ1n) is 9.80. The molecular weight excluding hydrogens is 388 g/mol. The quantitative estimate of drug-likeness (QED) is 0.667. The number of halogens is 1. The molecule has 0 radical (unpaired) electrons. The molecule has 1 aromatic heterocycles. The van der Waals surface area contributed by atoms with Crippen molar-refractivity contribution in [3.63, 3.8) is 0 Å². The minimum Gasteiger partial charge on any atom is -0.496 e. The van der Waals surface area contributed by atoms with Crippen LogP contribution in [0.4, 0.5) is 0 Å². The average molecular weight is 413 g/mol. The lowest BCUT2D eigenvalue weighted by molar-refractivity contribution is 0.0669. The number of benzene rings is 2. The molecule has 2 aromatic carbocycles. The zero-order chi connectivity index (χ0) is 20.4. The zero-order valence-electron chi connectivity index (χ0n) is 16.7. The molecule has 0 bridgehead atoms. The van der Waals surface area contributed by atoms with Crippen LogP contribution in [0, 0.1) is 0 Å². The summed E-state index contributed by atoms with van der Waals surface area (Å²) in [7, 11) is 3.30. The van der Waals surface area contributed by atoms with Gasteiger partial charge in [-0.25, -0.2) is 4.98 Å². The molecule has 1 aliphatic rings. The van der Waals surface area contributed by atoms with Crippen molar-refractivity contribution in [2.75, 3.05) is 27.3 Å². The molecule has 0 saturated carbocycles. The van der Waals surface area contributed by atoms with Crippen LogP contribution >= 0.6 is 11.6 Å².